The van der Waals surface area contributed by atoms with E-state index in [9.17, 15) is 8.78 Å². The smallest absolute Gasteiger partial charge is 0.169 e. The summed E-state index contributed by atoms with van der Waals surface area (Å²) in [5.41, 5.74) is 1.06. The van der Waals surface area contributed by atoms with Gasteiger partial charge in [-0.05, 0) is 23.8 Å². The van der Waals surface area contributed by atoms with E-state index in [0.717, 1.165) is 6.07 Å². The summed E-state index contributed by atoms with van der Waals surface area (Å²) in [6.07, 6.45) is 3.83. The zero-order chi connectivity index (χ0) is 9.26. The first-order chi connectivity index (χ1) is 6.25. The molecule has 0 unspecified atom stereocenters. The maximum Gasteiger partial charge on any atom is 0.169 e. The molecule has 0 aliphatic heterocycles. The number of hydrogen-bond acceptors (Lipinski definition) is 1. The highest BCUT2D eigenvalue weighted by atomic mass is 19.1. The summed E-state index contributed by atoms with van der Waals surface area (Å²) in [5, 5.41) is 0. The predicted octanol–water partition coefficient (Wildman–Crippen LogP) is 3.02. The molecule has 3 heteroatoms. The van der Waals surface area contributed by atoms with Crippen LogP contribution in [0.1, 0.15) is 0 Å². The number of rotatable bonds is 1. The van der Waals surface area contributed by atoms with Crippen LogP contribution in [0.4, 0.5) is 8.78 Å². The van der Waals surface area contributed by atoms with E-state index in [1.165, 1.54) is 24.5 Å². The topological polar surface area (TPSA) is 13.1 Å². The molecule has 0 spiro atoms. The third kappa shape index (κ3) is 1.59. The van der Waals surface area contributed by atoms with Crippen LogP contribution in [-0.2, 0) is 0 Å². The highest BCUT2D eigenvalue weighted by Crippen LogP contribution is 2.21. The first kappa shape index (κ1) is 7.98. The third-order valence-electron chi connectivity index (χ3n) is 1.66. The first-order valence-electron chi connectivity index (χ1n) is 3.67. The lowest BCUT2D eigenvalue weighted by Gasteiger charge is -1.97. The van der Waals surface area contributed by atoms with Crippen molar-refractivity contribution in [1.29, 1.82) is 0 Å². The second kappa shape index (κ2) is 3.01. The molecule has 0 bridgehead atoms. The zero-order valence-corrected chi connectivity index (χ0v) is 6.55. The van der Waals surface area contributed by atoms with Crippen LogP contribution >= 0.6 is 0 Å². The molecule has 0 N–H and O–H groups in total. The van der Waals surface area contributed by atoms with Crippen LogP contribution in [0.2, 0.25) is 0 Å². The monoisotopic (exact) mass is 179 g/mol. The lowest BCUT2D eigenvalue weighted by atomic mass is 10.1. The van der Waals surface area contributed by atoms with E-state index in [0.29, 0.717) is 11.1 Å². The van der Waals surface area contributed by atoms with Gasteiger partial charge in [-0.25, -0.2) is 8.78 Å². The fourth-order valence-corrected chi connectivity index (χ4v) is 1.10. The molecule has 1 aromatic carbocycles. The van der Waals surface area contributed by atoms with Gasteiger partial charge in [0.05, 0.1) is 6.26 Å². The van der Waals surface area contributed by atoms with E-state index in [-0.39, 0.29) is 0 Å². The Morgan fingerprint density at radius 1 is 1.00 bits per heavy atom. The van der Waals surface area contributed by atoms with E-state index >= 15 is 0 Å². The Labute approximate surface area is 73.6 Å². The maximum atomic E-state index is 12.7. The van der Waals surface area contributed by atoms with Gasteiger partial charge in [0.25, 0.3) is 0 Å². The van der Waals surface area contributed by atoms with Gasteiger partial charge in [-0.3, -0.25) is 0 Å². The second-order valence-corrected chi connectivity index (χ2v) is 2.61. The van der Waals surface area contributed by atoms with Crippen molar-refractivity contribution in [1.82, 2.24) is 0 Å². The van der Waals surface area contributed by atoms with E-state index in [1.807, 2.05) is 0 Å². The fourth-order valence-electron chi connectivity index (χ4n) is 1.10. The van der Waals surface area contributed by atoms with Gasteiger partial charge in [0.2, 0.25) is 0 Å². The molecule has 0 fully saturated rings. The van der Waals surface area contributed by atoms with Crippen LogP contribution < -0.4 is 0 Å². The van der Waals surface area contributed by atoms with E-state index in [2.05, 4.69) is 10.7 Å². The average molecular weight is 179 g/mol. The molecule has 1 nitrogen and oxygen atoms in total. The summed E-state index contributed by atoms with van der Waals surface area (Å²) in [6.45, 7) is 0. The molecule has 1 aromatic heterocycles. The molecule has 0 aliphatic rings. The average Bonchev–Trinajstić information content (AvgIpc) is 2.53. The molecule has 0 aliphatic carbocycles. The summed E-state index contributed by atoms with van der Waals surface area (Å²) in [5.74, 6) is -1.20. The van der Waals surface area contributed by atoms with E-state index in [1.54, 1.807) is 0 Å². The van der Waals surface area contributed by atoms with Crippen LogP contribution in [0.15, 0.2) is 34.9 Å². The Bertz CT molecular complexity index is 387. The van der Waals surface area contributed by atoms with Crippen molar-refractivity contribution in [2.24, 2.45) is 0 Å². The van der Waals surface area contributed by atoms with Gasteiger partial charge in [-0.1, -0.05) is 0 Å². The van der Waals surface area contributed by atoms with Gasteiger partial charge >= 0.3 is 0 Å². The molecule has 2 aromatic rings. The normalized spacial score (nSPS) is 10.3. The fraction of sp³-hybridized carbons (Fsp3) is 0. The zero-order valence-electron chi connectivity index (χ0n) is 6.55. The second-order valence-electron chi connectivity index (χ2n) is 2.61. The Kier molecular flexibility index (Phi) is 1.85. The van der Waals surface area contributed by atoms with Crippen molar-refractivity contribution in [3.63, 3.8) is 0 Å². The lowest BCUT2D eigenvalue weighted by molar-refractivity contribution is 0.558. The molecule has 0 atom stereocenters. The van der Waals surface area contributed by atoms with Crippen LogP contribution in [0, 0.1) is 17.9 Å². The van der Waals surface area contributed by atoms with Crippen LogP contribution in [0.25, 0.3) is 11.1 Å². The highest BCUT2D eigenvalue weighted by Gasteiger charge is 2.03. The molecular weight excluding hydrogens is 174 g/mol. The molecule has 0 saturated carbocycles. The van der Waals surface area contributed by atoms with Crippen molar-refractivity contribution in [3.05, 3.63) is 48.4 Å². The summed E-state index contributed by atoms with van der Waals surface area (Å²) < 4.78 is 30.2. The Morgan fingerprint density at radius 2 is 1.69 bits per heavy atom. The van der Waals surface area contributed by atoms with Gasteiger partial charge in [0, 0.05) is 11.6 Å². The minimum Gasteiger partial charge on any atom is -0.460 e. The number of benzene rings is 1. The number of hydrogen-bond donors (Lipinski definition) is 0. The highest BCUT2D eigenvalue weighted by molar-refractivity contribution is 5.61. The van der Waals surface area contributed by atoms with Gasteiger partial charge in [-0.2, -0.15) is 0 Å². The number of furan rings is 1. The van der Waals surface area contributed by atoms with Gasteiger partial charge < -0.3 is 4.42 Å². The number of halogens is 2. The van der Waals surface area contributed by atoms with Crippen LogP contribution in [-0.4, -0.2) is 0 Å². The van der Waals surface area contributed by atoms with Crippen molar-refractivity contribution >= 4 is 0 Å². The Hall–Kier alpha value is -1.64. The third-order valence-corrected chi connectivity index (χ3v) is 1.66. The van der Waals surface area contributed by atoms with Crippen molar-refractivity contribution in [2.75, 3.05) is 0 Å². The van der Waals surface area contributed by atoms with E-state index in [4.69, 9.17) is 0 Å². The largest absolute Gasteiger partial charge is 0.460 e. The summed E-state index contributed by atoms with van der Waals surface area (Å²) >= 11 is 0. The predicted molar refractivity (Wildman–Crippen MR) is 42.9 cm³/mol. The van der Waals surface area contributed by atoms with Crippen LogP contribution in [0.5, 0.6) is 0 Å². The SMILES string of the molecule is Fc1cc(F)cc(-c2c[c]oc2)c1. The molecule has 0 saturated heterocycles. The minimum atomic E-state index is -0.601. The van der Waals surface area contributed by atoms with Crippen molar-refractivity contribution in [3.8, 4) is 11.1 Å². The standard InChI is InChI=1S/C10H5F2O/c11-9-3-8(4-10(12)5-9)7-1-2-13-6-7/h1,3-6H. The molecule has 2 rings (SSSR count). The quantitative estimate of drug-likeness (QED) is 0.655. The van der Waals surface area contributed by atoms with Crippen LogP contribution in [0.3, 0.4) is 0 Å². The first-order valence-corrected chi connectivity index (χ1v) is 3.67. The Balaban J connectivity index is 2.53. The summed E-state index contributed by atoms with van der Waals surface area (Å²) in [4.78, 5) is 0. The van der Waals surface area contributed by atoms with Gasteiger partial charge in [0.15, 0.2) is 6.26 Å². The van der Waals surface area contributed by atoms with Crippen molar-refractivity contribution in [2.45, 2.75) is 0 Å². The lowest BCUT2D eigenvalue weighted by Crippen LogP contribution is -1.81. The van der Waals surface area contributed by atoms with E-state index < -0.39 is 11.6 Å². The summed E-state index contributed by atoms with van der Waals surface area (Å²) in [6, 6.07) is 4.82. The van der Waals surface area contributed by atoms with Gasteiger partial charge in [-0.15, -0.1) is 0 Å². The molecule has 0 amide bonds. The molecule has 13 heavy (non-hydrogen) atoms. The summed E-state index contributed by atoms with van der Waals surface area (Å²) in [7, 11) is 0. The van der Waals surface area contributed by atoms with Crippen molar-refractivity contribution < 1.29 is 13.2 Å². The van der Waals surface area contributed by atoms with Gasteiger partial charge in [0.1, 0.15) is 11.6 Å². The molecule has 1 heterocycles. The molecular formula is C10H5F2O. The molecule has 1 radical (unpaired) electrons. The molecule has 65 valence electrons. The Morgan fingerprint density at radius 3 is 2.23 bits per heavy atom. The maximum absolute atomic E-state index is 12.7. The minimum absolute atomic E-state index is 0.447.